The van der Waals surface area contributed by atoms with Crippen molar-refractivity contribution in [3.8, 4) is 5.75 Å². The lowest BCUT2D eigenvalue weighted by molar-refractivity contribution is -0.145. The molecule has 112 valence electrons. The number of amides is 1. The van der Waals surface area contributed by atoms with Crippen molar-refractivity contribution < 1.29 is 27.2 Å². The van der Waals surface area contributed by atoms with Gasteiger partial charge < -0.3 is 13.8 Å². The summed E-state index contributed by atoms with van der Waals surface area (Å²) in [7, 11) is 1.20. The lowest BCUT2D eigenvalue weighted by Crippen LogP contribution is -2.41. The number of Topliss-reactive ketones (excluding diaryl/α,β-unsaturated/α-hetero) is 1. The van der Waals surface area contributed by atoms with E-state index in [2.05, 4.69) is 8.92 Å². The van der Waals surface area contributed by atoms with Crippen LogP contribution in [-0.4, -0.2) is 42.3 Å². The quantitative estimate of drug-likeness (QED) is 0.620. The van der Waals surface area contributed by atoms with Crippen LogP contribution in [0.2, 0.25) is 0 Å². The number of ketones is 1. The van der Waals surface area contributed by atoms with Crippen molar-refractivity contribution in [2.45, 2.75) is 12.5 Å². The Kier molecular flexibility index (Phi) is 4.79. The van der Waals surface area contributed by atoms with Crippen molar-refractivity contribution in [1.82, 2.24) is 4.90 Å². The lowest BCUT2D eigenvalue weighted by atomic mass is 10.1. The minimum Gasteiger partial charge on any atom is -0.467 e. The van der Waals surface area contributed by atoms with Crippen molar-refractivity contribution in [2.75, 3.05) is 13.7 Å². The molecule has 21 heavy (non-hydrogen) atoms. The van der Waals surface area contributed by atoms with Gasteiger partial charge in [-0.25, -0.2) is 4.79 Å². The van der Waals surface area contributed by atoms with Gasteiger partial charge in [-0.2, -0.15) is 0 Å². The number of nitrogens with zero attached hydrogens (tertiary/aromatic N) is 1. The first-order valence-corrected chi connectivity index (χ1v) is 6.67. The number of esters is 1. The van der Waals surface area contributed by atoms with Crippen LogP contribution in [0.4, 0.5) is 3.89 Å². The van der Waals surface area contributed by atoms with E-state index >= 15 is 0 Å². The average molecular weight is 313 g/mol. The Hall–Kier alpha value is -2.09. The Labute approximate surface area is 124 Å². The first-order chi connectivity index (χ1) is 10.1. The molecule has 0 N–H and O–H groups in total. The Morgan fingerprint density at radius 1 is 1.43 bits per heavy atom. The second-order valence-electron chi connectivity index (χ2n) is 4.39. The third-order valence-corrected chi connectivity index (χ3v) is 3.34. The minimum absolute atomic E-state index is 0.0606. The van der Waals surface area contributed by atoms with Crippen LogP contribution in [0.15, 0.2) is 24.3 Å². The molecule has 0 aromatic heterocycles. The third-order valence-electron chi connectivity index (χ3n) is 3.09. The van der Waals surface area contributed by atoms with Gasteiger partial charge >= 0.3 is 5.97 Å². The lowest BCUT2D eigenvalue weighted by Gasteiger charge is -2.21. The maximum Gasteiger partial charge on any atom is 0.329 e. The van der Waals surface area contributed by atoms with Gasteiger partial charge in [-0.1, -0.05) is 6.07 Å². The normalized spacial score (nSPS) is 17.7. The third kappa shape index (κ3) is 3.33. The van der Waals surface area contributed by atoms with E-state index in [4.69, 9.17) is 0 Å². The average Bonchev–Trinajstić information content (AvgIpc) is 2.88. The number of rotatable bonds is 4. The number of halogens is 1. The van der Waals surface area contributed by atoms with Gasteiger partial charge in [0.05, 0.1) is 13.7 Å². The molecule has 0 aliphatic carbocycles. The van der Waals surface area contributed by atoms with Crippen LogP contribution in [0.25, 0.3) is 0 Å². The van der Waals surface area contributed by atoms with E-state index in [-0.39, 0.29) is 42.5 Å². The molecule has 8 heteroatoms. The van der Waals surface area contributed by atoms with Crippen LogP contribution >= 0.6 is 12.4 Å². The zero-order valence-corrected chi connectivity index (χ0v) is 11.9. The molecular formula is C13H12FNO5S. The molecule has 0 radical (unpaired) electrons. The number of hydrogen-bond acceptors (Lipinski definition) is 6. The van der Waals surface area contributed by atoms with Gasteiger partial charge in [-0.3, -0.25) is 9.59 Å². The molecule has 1 aliphatic heterocycles. The van der Waals surface area contributed by atoms with Crippen LogP contribution in [-0.2, 0) is 14.3 Å². The fourth-order valence-electron chi connectivity index (χ4n) is 2.13. The summed E-state index contributed by atoms with van der Waals surface area (Å²) in [4.78, 5) is 36.7. The number of ether oxygens (including phenoxy) is 1. The van der Waals surface area contributed by atoms with Gasteiger partial charge in [0.15, 0.2) is 5.78 Å². The van der Waals surface area contributed by atoms with E-state index < -0.39 is 17.9 Å². The Bertz CT molecular complexity index is 579. The molecule has 0 saturated carbocycles. The van der Waals surface area contributed by atoms with Crippen LogP contribution in [0, 0.1) is 0 Å². The van der Waals surface area contributed by atoms with Crippen LogP contribution in [0.5, 0.6) is 5.75 Å². The highest BCUT2D eigenvalue weighted by atomic mass is 32.2. The number of benzene rings is 1. The minimum atomic E-state index is -0.921. The summed E-state index contributed by atoms with van der Waals surface area (Å²) in [6.07, 6.45) is -0.0606. The molecule has 1 aromatic carbocycles. The Morgan fingerprint density at radius 3 is 2.86 bits per heavy atom. The van der Waals surface area contributed by atoms with Gasteiger partial charge in [0.25, 0.3) is 18.3 Å². The summed E-state index contributed by atoms with van der Waals surface area (Å²) in [5.41, 5.74) is 0.199. The largest absolute Gasteiger partial charge is 0.467 e. The maximum absolute atomic E-state index is 12.4. The molecule has 0 bridgehead atoms. The molecule has 6 nitrogen and oxygen atoms in total. The van der Waals surface area contributed by atoms with Crippen LogP contribution < -0.4 is 4.18 Å². The second kappa shape index (κ2) is 6.57. The number of likely N-dealkylation sites (tertiary alicyclic amines) is 1. The molecule has 1 heterocycles. The summed E-state index contributed by atoms with van der Waals surface area (Å²) in [5.74, 6) is -1.20. The fourth-order valence-corrected chi connectivity index (χ4v) is 2.31. The molecule has 1 atom stereocenters. The van der Waals surface area contributed by atoms with Crippen molar-refractivity contribution >= 4 is 30.1 Å². The highest BCUT2D eigenvalue weighted by Gasteiger charge is 2.39. The van der Waals surface area contributed by atoms with E-state index in [0.717, 1.165) is 4.90 Å². The van der Waals surface area contributed by atoms with E-state index in [1.54, 1.807) is 0 Å². The van der Waals surface area contributed by atoms with Gasteiger partial charge in [0.1, 0.15) is 11.8 Å². The number of carbonyl (C=O) groups is 3. The van der Waals surface area contributed by atoms with Gasteiger partial charge in [0, 0.05) is 12.0 Å². The molecule has 1 saturated heterocycles. The molecule has 1 aliphatic rings. The zero-order chi connectivity index (χ0) is 15.4. The van der Waals surface area contributed by atoms with Crippen LogP contribution in [0.3, 0.4) is 0 Å². The number of hydrogen-bond donors (Lipinski definition) is 0. The van der Waals surface area contributed by atoms with Gasteiger partial charge in [0.2, 0.25) is 0 Å². The fraction of sp³-hybridized carbons (Fsp3) is 0.308. The summed E-state index contributed by atoms with van der Waals surface area (Å²) < 4.78 is 21.3. The van der Waals surface area contributed by atoms with Gasteiger partial charge in [-0.05, 0) is 18.2 Å². The molecule has 0 spiro atoms. The Balaban J connectivity index is 2.23. The Morgan fingerprint density at radius 2 is 2.19 bits per heavy atom. The predicted molar refractivity (Wildman–Crippen MR) is 72.2 cm³/mol. The summed E-state index contributed by atoms with van der Waals surface area (Å²) in [5, 5.41) is 0. The second-order valence-corrected chi connectivity index (χ2v) is 4.68. The zero-order valence-electron chi connectivity index (χ0n) is 11.1. The van der Waals surface area contributed by atoms with E-state index in [1.165, 1.54) is 31.4 Å². The van der Waals surface area contributed by atoms with E-state index in [9.17, 15) is 18.3 Å². The first kappa shape index (κ1) is 15.3. The molecule has 1 aromatic rings. The molecule has 2 rings (SSSR count). The summed E-state index contributed by atoms with van der Waals surface area (Å²) in [6.45, 7) is -0.151. The highest BCUT2D eigenvalue weighted by molar-refractivity contribution is 7.89. The van der Waals surface area contributed by atoms with E-state index in [0.29, 0.717) is 0 Å². The predicted octanol–water partition coefficient (Wildman–Crippen LogP) is 1.55. The molecule has 1 fully saturated rings. The number of methoxy groups -OCH3 is 1. The van der Waals surface area contributed by atoms with Gasteiger partial charge in [-0.15, -0.1) is 3.89 Å². The summed E-state index contributed by atoms with van der Waals surface area (Å²) >= 11 is -0.336. The van der Waals surface area contributed by atoms with Crippen molar-refractivity contribution in [3.63, 3.8) is 0 Å². The topological polar surface area (TPSA) is 72.9 Å². The highest BCUT2D eigenvalue weighted by Crippen LogP contribution is 2.23. The maximum atomic E-state index is 12.4. The first-order valence-electron chi connectivity index (χ1n) is 6.02. The van der Waals surface area contributed by atoms with Crippen molar-refractivity contribution in [3.05, 3.63) is 29.8 Å². The van der Waals surface area contributed by atoms with E-state index in [1.807, 2.05) is 0 Å². The smallest absolute Gasteiger partial charge is 0.329 e. The van der Waals surface area contributed by atoms with Crippen LogP contribution in [0.1, 0.15) is 16.8 Å². The SMILES string of the molecule is COC(=O)C1CC(=O)CN1C(=O)c1cccc(OSF)c1. The number of carbonyl (C=O) groups excluding carboxylic acids is 3. The molecule has 1 unspecified atom stereocenters. The standard InChI is InChI=1S/C13H12FNO5S/c1-19-13(18)11-6-9(16)7-15(11)12(17)8-3-2-4-10(5-8)20-21-14/h2-5,11H,6-7H2,1H3. The monoisotopic (exact) mass is 313 g/mol. The summed E-state index contributed by atoms with van der Waals surface area (Å²) in [6, 6.07) is 4.91. The molecule has 1 amide bonds. The molecular weight excluding hydrogens is 301 g/mol. The van der Waals surface area contributed by atoms with Crippen molar-refractivity contribution in [2.24, 2.45) is 0 Å². The van der Waals surface area contributed by atoms with Crippen molar-refractivity contribution in [1.29, 1.82) is 0 Å².